The van der Waals surface area contributed by atoms with Crippen LogP contribution in [0.15, 0.2) is 36.5 Å². The third kappa shape index (κ3) is 36.7. The minimum Gasteiger partial charge on any atom is -0.394 e. The highest BCUT2D eigenvalue weighted by Crippen LogP contribution is 2.14. The van der Waals surface area contributed by atoms with Crippen LogP contribution in [0.4, 0.5) is 0 Å². The van der Waals surface area contributed by atoms with E-state index in [4.69, 9.17) is 0 Å². The van der Waals surface area contributed by atoms with Gasteiger partial charge in [0.1, 0.15) is 6.10 Å². The van der Waals surface area contributed by atoms with Gasteiger partial charge in [0, 0.05) is 6.42 Å². The monoisotopic (exact) mass is 718 g/mol. The number of nitrogens with one attached hydrogen (secondary N) is 1. The molecule has 0 heterocycles. The van der Waals surface area contributed by atoms with Crippen LogP contribution in [0.25, 0.3) is 0 Å². The minimum atomic E-state index is -1.16. The molecule has 0 spiro atoms. The molecule has 0 aromatic carbocycles. The second kappa shape index (κ2) is 41.3. The first-order chi connectivity index (χ1) is 25.1. The Morgan fingerprint density at radius 1 is 0.490 bits per heavy atom. The summed E-state index contributed by atoms with van der Waals surface area (Å²) in [5, 5.41) is 33.4. The highest BCUT2D eigenvalue weighted by atomic mass is 16.3. The molecule has 0 rings (SSSR count). The van der Waals surface area contributed by atoms with Crippen LogP contribution in [0.1, 0.15) is 226 Å². The van der Waals surface area contributed by atoms with Crippen molar-refractivity contribution < 1.29 is 20.1 Å². The standard InChI is InChI=1S/C46H87NO4/c1-3-5-7-9-11-13-15-17-18-19-20-21-22-23-24-25-26-27-28-29-31-33-35-37-39-41-45(50)47-43(42-48)46(51)44(49)40-38-36-34-32-30-16-14-12-10-8-6-4-2/h20-21,23-24,32,34,43-44,46,48-49,51H,3-19,22,25-31,33,35-42H2,1-2H3,(H,47,50)/b21-20-,24-23-,34-32+. The lowest BCUT2D eigenvalue weighted by Crippen LogP contribution is -2.50. The average molecular weight is 718 g/mol. The van der Waals surface area contributed by atoms with Crippen LogP contribution in [0.5, 0.6) is 0 Å². The number of allylic oxidation sites excluding steroid dienone is 6. The van der Waals surface area contributed by atoms with Crippen molar-refractivity contribution in [1.82, 2.24) is 5.32 Å². The molecule has 0 fully saturated rings. The zero-order chi connectivity index (χ0) is 37.3. The van der Waals surface area contributed by atoms with Crippen LogP contribution >= 0.6 is 0 Å². The molecule has 4 N–H and O–H groups in total. The van der Waals surface area contributed by atoms with Gasteiger partial charge in [-0.2, -0.15) is 0 Å². The Kier molecular flexibility index (Phi) is 40.2. The summed E-state index contributed by atoms with van der Waals surface area (Å²) in [5.74, 6) is -0.159. The van der Waals surface area contributed by atoms with E-state index in [-0.39, 0.29) is 12.5 Å². The van der Waals surface area contributed by atoms with Crippen molar-refractivity contribution in [3.8, 4) is 0 Å². The first-order valence-corrected chi connectivity index (χ1v) is 22.3. The Hall–Kier alpha value is -1.43. The summed E-state index contributed by atoms with van der Waals surface area (Å²) in [6, 6.07) is -0.827. The van der Waals surface area contributed by atoms with E-state index in [0.29, 0.717) is 12.8 Å². The highest BCUT2D eigenvalue weighted by molar-refractivity contribution is 5.76. The third-order valence-corrected chi connectivity index (χ3v) is 10.2. The maximum absolute atomic E-state index is 12.4. The first-order valence-electron chi connectivity index (χ1n) is 22.3. The summed E-state index contributed by atoms with van der Waals surface area (Å²) in [6.07, 6.45) is 51.2. The zero-order valence-corrected chi connectivity index (χ0v) is 34.0. The second-order valence-corrected chi connectivity index (χ2v) is 15.2. The van der Waals surface area contributed by atoms with Crippen molar-refractivity contribution in [3.05, 3.63) is 36.5 Å². The lowest BCUT2D eigenvalue weighted by Gasteiger charge is -2.26. The normalized spacial score (nSPS) is 13.9. The summed E-state index contributed by atoms with van der Waals surface area (Å²) < 4.78 is 0. The van der Waals surface area contributed by atoms with E-state index in [1.807, 2.05) is 0 Å². The first kappa shape index (κ1) is 49.6. The van der Waals surface area contributed by atoms with Crippen LogP contribution in [-0.2, 0) is 4.79 Å². The van der Waals surface area contributed by atoms with Gasteiger partial charge in [0.25, 0.3) is 0 Å². The van der Waals surface area contributed by atoms with Gasteiger partial charge in [0.2, 0.25) is 5.91 Å². The Labute approximate surface area is 317 Å². The van der Waals surface area contributed by atoms with Crippen LogP contribution in [-0.4, -0.2) is 46.1 Å². The molecule has 0 saturated heterocycles. The van der Waals surface area contributed by atoms with E-state index >= 15 is 0 Å². The zero-order valence-electron chi connectivity index (χ0n) is 34.0. The maximum Gasteiger partial charge on any atom is 0.220 e. The van der Waals surface area contributed by atoms with Crippen molar-refractivity contribution in [2.75, 3.05) is 6.61 Å². The fraction of sp³-hybridized carbons (Fsp3) is 0.848. The van der Waals surface area contributed by atoms with Crippen molar-refractivity contribution in [2.24, 2.45) is 0 Å². The lowest BCUT2D eigenvalue weighted by molar-refractivity contribution is -0.124. The summed E-state index contributed by atoms with van der Waals surface area (Å²) in [4.78, 5) is 12.4. The third-order valence-electron chi connectivity index (χ3n) is 10.2. The highest BCUT2D eigenvalue weighted by Gasteiger charge is 2.26. The largest absolute Gasteiger partial charge is 0.394 e. The van der Waals surface area contributed by atoms with Gasteiger partial charge in [-0.15, -0.1) is 0 Å². The number of rotatable bonds is 40. The predicted octanol–water partition coefficient (Wildman–Crippen LogP) is 12.8. The van der Waals surface area contributed by atoms with Crippen molar-refractivity contribution >= 4 is 5.91 Å². The molecule has 0 aromatic heterocycles. The number of amides is 1. The Bertz CT molecular complexity index is 794. The molecule has 51 heavy (non-hydrogen) atoms. The molecule has 5 nitrogen and oxygen atoms in total. The number of hydrogen-bond acceptors (Lipinski definition) is 4. The summed E-state index contributed by atoms with van der Waals surface area (Å²) in [5.41, 5.74) is 0. The van der Waals surface area contributed by atoms with Gasteiger partial charge < -0.3 is 20.6 Å². The molecule has 5 heteroatoms. The van der Waals surface area contributed by atoms with Crippen LogP contribution in [0.2, 0.25) is 0 Å². The van der Waals surface area contributed by atoms with Gasteiger partial charge in [-0.1, -0.05) is 185 Å². The number of aliphatic hydroxyl groups excluding tert-OH is 3. The fourth-order valence-corrected chi connectivity index (χ4v) is 6.72. The average Bonchev–Trinajstić information content (AvgIpc) is 3.13. The summed E-state index contributed by atoms with van der Waals surface area (Å²) in [7, 11) is 0. The van der Waals surface area contributed by atoms with Gasteiger partial charge in [0.05, 0.1) is 18.8 Å². The fourth-order valence-electron chi connectivity index (χ4n) is 6.72. The van der Waals surface area contributed by atoms with Gasteiger partial charge in [-0.3, -0.25) is 4.79 Å². The van der Waals surface area contributed by atoms with E-state index in [0.717, 1.165) is 44.9 Å². The molecule has 0 aromatic rings. The molecule has 0 aliphatic rings. The van der Waals surface area contributed by atoms with Gasteiger partial charge in [-0.05, 0) is 70.6 Å². The Morgan fingerprint density at radius 2 is 0.843 bits per heavy atom. The maximum atomic E-state index is 12.4. The Balaban J connectivity index is 3.63. The minimum absolute atomic E-state index is 0.159. The second-order valence-electron chi connectivity index (χ2n) is 15.2. The van der Waals surface area contributed by atoms with Gasteiger partial charge in [-0.25, -0.2) is 0 Å². The van der Waals surface area contributed by atoms with E-state index < -0.39 is 18.2 Å². The number of carbonyl (C=O) groups is 1. The number of aliphatic hydroxyl groups is 3. The quantitative estimate of drug-likeness (QED) is 0.0375. The molecule has 0 aliphatic heterocycles. The van der Waals surface area contributed by atoms with E-state index in [1.54, 1.807) is 0 Å². The molecular weight excluding hydrogens is 631 g/mol. The van der Waals surface area contributed by atoms with Crippen molar-refractivity contribution in [1.29, 1.82) is 0 Å². The number of carbonyl (C=O) groups excluding carboxylic acids is 1. The number of hydrogen-bond donors (Lipinski definition) is 4. The molecule has 3 unspecified atom stereocenters. The number of unbranched alkanes of at least 4 members (excludes halogenated alkanes) is 26. The molecule has 0 radical (unpaired) electrons. The van der Waals surface area contributed by atoms with E-state index in [2.05, 4.69) is 55.6 Å². The molecule has 1 amide bonds. The smallest absolute Gasteiger partial charge is 0.220 e. The molecule has 300 valence electrons. The van der Waals surface area contributed by atoms with Crippen LogP contribution in [0, 0.1) is 0 Å². The van der Waals surface area contributed by atoms with E-state index in [1.165, 1.54) is 154 Å². The van der Waals surface area contributed by atoms with Crippen molar-refractivity contribution in [2.45, 2.75) is 244 Å². The van der Waals surface area contributed by atoms with Gasteiger partial charge >= 0.3 is 0 Å². The van der Waals surface area contributed by atoms with Crippen LogP contribution < -0.4 is 5.32 Å². The predicted molar refractivity (Wildman–Crippen MR) is 222 cm³/mol. The topological polar surface area (TPSA) is 89.8 Å². The van der Waals surface area contributed by atoms with Crippen molar-refractivity contribution in [3.63, 3.8) is 0 Å². The molecule has 0 saturated carbocycles. The SMILES string of the molecule is CCCCCCCCC/C=C/CCCC(O)C(O)C(CO)NC(=O)CCCCCCCCCCC/C=C\C/C=C\CCCCCCCCCCC. The van der Waals surface area contributed by atoms with Gasteiger partial charge in [0.15, 0.2) is 0 Å². The summed E-state index contributed by atoms with van der Waals surface area (Å²) >= 11 is 0. The molecule has 3 atom stereocenters. The lowest BCUT2D eigenvalue weighted by atomic mass is 10.0. The molecular formula is C46H87NO4. The molecule has 0 aliphatic carbocycles. The molecule has 0 bridgehead atoms. The van der Waals surface area contributed by atoms with E-state index in [9.17, 15) is 20.1 Å². The Morgan fingerprint density at radius 3 is 1.25 bits per heavy atom. The summed E-state index contributed by atoms with van der Waals surface area (Å²) in [6.45, 7) is 4.15. The van der Waals surface area contributed by atoms with Crippen LogP contribution in [0.3, 0.4) is 0 Å².